The Kier molecular flexibility index (Phi) is 6.53. The van der Waals surface area contributed by atoms with Crippen LogP contribution in [-0.4, -0.2) is 28.4 Å². The minimum absolute atomic E-state index is 0.0578. The number of nitrogens with zero attached hydrogens (tertiary/aromatic N) is 2. The van der Waals surface area contributed by atoms with Crippen molar-refractivity contribution in [1.29, 1.82) is 0 Å². The Hall–Kier alpha value is -3.02. The Bertz CT molecular complexity index is 983. The third kappa shape index (κ3) is 4.27. The van der Waals surface area contributed by atoms with Gasteiger partial charge in [0.25, 0.3) is 5.56 Å². The molecular formula is C22H26N2O4. The van der Waals surface area contributed by atoms with Crippen molar-refractivity contribution in [1.82, 2.24) is 9.55 Å². The van der Waals surface area contributed by atoms with E-state index in [1.807, 2.05) is 12.1 Å². The second kappa shape index (κ2) is 9.26. The highest BCUT2D eigenvalue weighted by atomic mass is 16.5. The van der Waals surface area contributed by atoms with E-state index >= 15 is 0 Å². The molecule has 1 N–H and O–H groups in total. The van der Waals surface area contributed by atoms with Crippen molar-refractivity contribution in [3.8, 4) is 17.4 Å². The molecule has 0 amide bonds. The number of aromatic hydroxyl groups is 1. The van der Waals surface area contributed by atoms with Gasteiger partial charge in [-0.3, -0.25) is 14.3 Å². The number of aryl methyl sites for hydroxylation is 1. The molecule has 1 aromatic carbocycles. The molecule has 0 radical (unpaired) electrons. The molecule has 3 aromatic rings. The van der Waals surface area contributed by atoms with Gasteiger partial charge < -0.3 is 14.6 Å². The zero-order valence-corrected chi connectivity index (χ0v) is 16.4. The summed E-state index contributed by atoms with van der Waals surface area (Å²) in [6, 6.07) is 8.82. The van der Waals surface area contributed by atoms with Crippen LogP contribution < -0.4 is 15.0 Å². The summed E-state index contributed by atoms with van der Waals surface area (Å²) in [6.07, 6.45) is 7.14. The fourth-order valence-electron chi connectivity index (χ4n) is 3.21. The van der Waals surface area contributed by atoms with Crippen molar-refractivity contribution in [2.45, 2.75) is 39.2 Å². The number of pyridine rings is 2. The predicted molar refractivity (Wildman–Crippen MR) is 109 cm³/mol. The standard InChI is InChI=1S/C22H26N2O4/c1-3-4-5-14-28-21-18-15-20(25)24(13-10-16-8-11-23-12-9-16)22(26)17(18)6-7-19(21)27-2/h6-9,11-12,15,26H,3-5,10,13-14H2,1-2H3. The van der Waals surface area contributed by atoms with Gasteiger partial charge in [0.15, 0.2) is 11.5 Å². The first-order chi connectivity index (χ1) is 13.7. The zero-order valence-electron chi connectivity index (χ0n) is 16.4. The maximum absolute atomic E-state index is 12.7. The topological polar surface area (TPSA) is 73.6 Å². The number of aromatic nitrogens is 2. The summed E-state index contributed by atoms with van der Waals surface area (Å²) in [5, 5.41) is 11.9. The normalized spacial score (nSPS) is 10.9. The van der Waals surface area contributed by atoms with E-state index in [9.17, 15) is 9.90 Å². The second-order valence-corrected chi connectivity index (χ2v) is 6.68. The van der Waals surface area contributed by atoms with E-state index < -0.39 is 0 Å². The van der Waals surface area contributed by atoms with Gasteiger partial charge >= 0.3 is 0 Å². The molecule has 148 valence electrons. The van der Waals surface area contributed by atoms with E-state index in [4.69, 9.17) is 9.47 Å². The summed E-state index contributed by atoms with van der Waals surface area (Å²) in [4.78, 5) is 16.7. The molecule has 28 heavy (non-hydrogen) atoms. The lowest BCUT2D eigenvalue weighted by atomic mass is 10.1. The van der Waals surface area contributed by atoms with Crippen LogP contribution in [0.25, 0.3) is 10.8 Å². The van der Waals surface area contributed by atoms with Crippen molar-refractivity contribution in [2.24, 2.45) is 0 Å². The fraction of sp³-hybridized carbons (Fsp3) is 0.364. The van der Waals surface area contributed by atoms with Crippen LogP contribution in [0.3, 0.4) is 0 Å². The van der Waals surface area contributed by atoms with Crippen LogP contribution in [0.5, 0.6) is 17.4 Å². The van der Waals surface area contributed by atoms with Crippen molar-refractivity contribution < 1.29 is 14.6 Å². The molecule has 0 unspecified atom stereocenters. The third-order valence-corrected chi connectivity index (χ3v) is 4.78. The maximum atomic E-state index is 12.7. The van der Waals surface area contributed by atoms with E-state index in [1.165, 1.54) is 10.6 Å². The first kappa shape index (κ1) is 19.7. The monoisotopic (exact) mass is 382 g/mol. The molecule has 0 saturated carbocycles. The van der Waals surface area contributed by atoms with Gasteiger partial charge in [-0.2, -0.15) is 0 Å². The molecule has 0 bridgehead atoms. The van der Waals surface area contributed by atoms with Gasteiger partial charge in [0, 0.05) is 35.8 Å². The third-order valence-electron chi connectivity index (χ3n) is 4.78. The van der Waals surface area contributed by atoms with Crippen molar-refractivity contribution in [3.63, 3.8) is 0 Å². The summed E-state index contributed by atoms with van der Waals surface area (Å²) in [7, 11) is 1.57. The molecule has 2 aromatic heterocycles. The first-order valence-corrected chi connectivity index (χ1v) is 9.61. The van der Waals surface area contributed by atoms with Gasteiger partial charge in [-0.1, -0.05) is 19.8 Å². The number of hydrogen-bond donors (Lipinski definition) is 1. The lowest BCUT2D eigenvalue weighted by Crippen LogP contribution is -2.20. The van der Waals surface area contributed by atoms with Gasteiger partial charge in [-0.05, 0) is 42.7 Å². The Morgan fingerprint density at radius 1 is 1.11 bits per heavy atom. The number of fused-ring (bicyclic) bond motifs is 1. The van der Waals surface area contributed by atoms with Gasteiger partial charge in [-0.25, -0.2) is 0 Å². The van der Waals surface area contributed by atoms with E-state index in [0.717, 1.165) is 24.8 Å². The van der Waals surface area contributed by atoms with Crippen LogP contribution in [0.4, 0.5) is 0 Å². The highest BCUT2D eigenvalue weighted by Gasteiger charge is 2.16. The molecular weight excluding hydrogens is 356 g/mol. The first-order valence-electron chi connectivity index (χ1n) is 9.61. The second-order valence-electron chi connectivity index (χ2n) is 6.68. The number of unbranched alkanes of at least 4 members (excludes halogenated alkanes) is 2. The van der Waals surface area contributed by atoms with Crippen LogP contribution in [-0.2, 0) is 13.0 Å². The number of ether oxygens (including phenoxy) is 2. The van der Waals surface area contributed by atoms with Crippen molar-refractivity contribution in [2.75, 3.05) is 13.7 Å². The Morgan fingerprint density at radius 3 is 2.61 bits per heavy atom. The lowest BCUT2D eigenvalue weighted by molar-refractivity contribution is 0.289. The Balaban J connectivity index is 1.95. The summed E-state index contributed by atoms with van der Waals surface area (Å²) >= 11 is 0. The number of benzene rings is 1. The predicted octanol–water partition coefficient (Wildman–Crippen LogP) is 3.92. The Labute approximate surface area is 164 Å². The molecule has 0 saturated heterocycles. The van der Waals surface area contributed by atoms with Gasteiger partial charge in [-0.15, -0.1) is 0 Å². The smallest absolute Gasteiger partial charge is 0.254 e. The van der Waals surface area contributed by atoms with E-state index in [-0.39, 0.29) is 11.4 Å². The molecule has 0 atom stereocenters. The summed E-state index contributed by atoms with van der Waals surface area (Å²) in [6.45, 7) is 3.05. The molecule has 0 aliphatic rings. The van der Waals surface area contributed by atoms with Crippen LogP contribution in [0.2, 0.25) is 0 Å². The maximum Gasteiger partial charge on any atom is 0.254 e. The van der Waals surface area contributed by atoms with E-state index in [0.29, 0.717) is 41.8 Å². The number of rotatable bonds is 9. The minimum Gasteiger partial charge on any atom is -0.494 e. The quantitative estimate of drug-likeness (QED) is 0.568. The van der Waals surface area contributed by atoms with E-state index in [1.54, 1.807) is 31.6 Å². The van der Waals surface area contributed by atoms with Gasteiger partial charge in [0.1, 0.15) is 0 Å². The van der Waals surface area contributed by atoms with Gasteiger partial charge in [0.05, 0.1) is 13.7 Å². The number of hydrogen-bond acceptors (Lipinski definition) is 5. The van der Waals surface area contributed by atoms with E-state index in [2.05, 4.69) is 11.9 Å². The minimum atomic E-state index is -0.272. The van der Waals surface area contributed by atoms with Gasteiger partial charge in [0.2, 0.25) is 5.88 Å². The van der Waals surface area contributed by atoms with Crippen molar-refractivity contribution >= 4 is 10.8 Å². The summed E-state index contributed by atoms with van der Waals surface area (Å²) in [5.41, 5.74) is 0.779. The molecule has 3 rings (SSSR count). The fourth-order valence-corrected chi connectivity index (χ4v) is 3.21. The molecule has 0 spiro atoms. The average molecular weight is 382 g/mol. The van der Waals surface area contributed by atoms with Crippen LogP contribution in [0.15, 0.2) is 47.5 Å². The molecule has 0 aliphatic carbocycles. The molecule has 6 heteroatoms. The van der Waals surface area contributed by atoms with Crippen LogP contribution in [0, 0.1) is 0 Å². The highest BCUT2D eigenvalue weighted by molar-refractivity contribution is 5.93. The molecule has 2 heterocycles. The van der Waals surface area contributed by atoms with Crippen LogP contribution >= 0.6 is 0 Å². The summed E-state index contributed by atoms with van der Waals surface area (Å²) < 4.78 is 12.7. The number of methoxy groups -OCH3 is 1. The summed E-state index contributed by atoms with van der Waals surface area (Å²) in [5.74, 6) is 1.000. The zero-order chi connectivity index (χ0) is 19.9. The highest BCUT2D eigenvalue weighted by Crippen LogP contribution is 2.38. The molecule has 6 nitrogen and oxygen atoms in total. The SMILES string of the molecule is CCCCCOc1c(OC)ccc2c(O)n(CCc3ccncc3)c(=O)cc12. The van der Waals surface area contributed by atoms with Crippen LogP contribution in [0.1, 0.15) is 31.7 Å². The largest absolute Gasteiger partial charge is 0.494 e. The average Bonchev–Trinajstić information content (AvgIpc) is 2.72. The van der Waals surface area contributed by atoms with Crippen molar-refractivity contribution in [3.05, 3.63) is 58.6 Å². The lowest BCUT2D eigenvalue weighted by Gasteiger charge is -2.16. The Morgan fingerprint density at radius 2 is 1.89 bits per heavy atom. The molecule has 0 aliphatic heterocycles. The molecule has 0 fully saturated rings.